The van der Waals surface area contributed by atoms with Crippen LogP contribution in [0.2, 0.25) is 0 Å². The smallest absolute Gasteiger partial charge is 0.221 e. The summed E-state index contributed by atoms with van der Waals surface area (Å²) in [5.41, 5.74) is 5.23. The Hall–Kier alpha value is -1.30. The molecule has 6 heteroatoms. The van der Waals surface area contributed by atoms with Crippen LogP contribution in [0, 0.1) is 5.92 Å². The summed E-state index contributed by atoms with van der Waals surface area (Å²) in [5.74, 6) is 0.576. The number of oxime groups is 1. The Labute approximate surface area is 89.9 Å². The van der Waals surface area contributed by atoms with Gasteiger partial charge in [-0.15, -0.1) is 0 Å². The van der Waals surface area contributed by atoms with Crippen LogP contribution in [0.4, 0.5) is 0 Å². The third-order valence-electron chi connectivity index (χ3n) is 1.67. The number of carbonyl (C=O) groups is 1. The van der Waals surface area contributed by atoms with Crippen molar-refractivity contribution in [1.29, 1.82) is 0 Å². The molecule has 0 bridgehead atoms. The molecule has 0 atom stereocenters. The molecule has 1 amide bonds. The van der Waals surface area contributed by atoms with Gasteiger partial charge < -0.3 is 21.6 Å². The van der Waals surface area contributed by atoms with Gasteiger partial charge in [-0.2, -0.15) is 0 Å². The maximum Gasteiger partial charge on any atom is 0.221 e. The third-order valence-corrected chi connectivity index (χ3v) is 1.67. The Kier molecular flexibility index (Phi) is 7.35. The average Bonchev–Trinajstić information content (AvgIpc) is 2.21. The minimum atomic E-state index is 0.00992. The van der Waals surface area contributed by atoms with Gasteiger partial charge in [0.15, 0.2) is 5.84 Å². The van der Waals surface area contributed by atoms with E-state index in [4.69, 9.17) is 10.9 Å². The first kappa shape index (κ1) is 13.7. The van der Waals surface area contributed by atoms with Crippen LogP contribution in [-0.4, -0.2) is 36.6 Å². The van der Waals surface area contributed by atoms with Gasteiger partial charge in [0.25, 0.3) is 0 Å². The van der Waals surface area contributed by atoms with Crippen molar-refractivity contribution in [3.63, 3.8) is 0 Å². The maximum absolute atomic E-state index is 11.2. The van der Waals surface area contributed by atoms with Gasteiger partial charge in [-0.05, 0) is 5.92 Å². The van der Waals surface area contributed by atoms with Gasteiger partial charge in [0.05, 0.1) is 6.54 Å². The quantitative estimate of drug-likeness (QED) is 0.151. The molecule has 0 rings (SSSR count). The molecule has 5 N–H and O–H groups in total. The number of amides is 1. The van der Waals surface area contributed by atoms with E-state index in [-0.39, 0.29) is 18.3 Å². The number of nitrogens with zero attached hydrogens (tertiary/aromatic N) is 1. The minimum absolute atomic E-state index is 0.00992. The molecule has 0 radical (unpaired) electrons. The first-order valence-electron chi connectivity index (χ1n) is 5.00. The van der Waals surface area contributed by atoms with Crippen molar-refractivity contribution in [3.05, 3.63) is 0 Å². The monoisotopic (exact) mass is 216 g/mol. The summed E-state index contributed by atoms with van der Waals surface area (Å²) in [6, 6.07) is 0. The van der Waals surface area contributed by atoms with Crippen LogP contribution >= 0.6 is 0 Å². The molecular formula is C9H20N4O2. The van der Waals surface area contributed by atoms with Crippen molar-refractivity contribution < 1.29 is 10.0 Å². The van der Waals surface area contributed by atoms with Gasteiger partial charge >= 0.3 is 0 Å². The highest BCUT2D eigenvalue weighted by molar-refractivity contribution is 5.81. The van der Waals surface area contributed by atoms with E-state index in [9.17, 15) is 4.79 Å². The summed E-state index contributed by atoms with van der Waals surface area (Å²) in [4.78, 5) is 11.2. The molecule has 0 aliphatic carbocycles. The molecule has 0 saturated heterocycles. The minimum Gasteiger partial charge on any atom is -0.409 e. The van der Waals surface area contributed by atoms with Crippen LogP contribution in [0.25, 0.3) is 0 Å². The number of nitrogens with one attached hydrogen (secondary N) is 2. The highest BCUT2D eigenvalue weighted by atomic mass is 16.4. The lowest BCUT2D eigenvalue weighted by atomic mass is 10.2. The Morgan fingerprint density at radius 2 is 2.20 bits per heavy atom. The predicted octanol–water partition coefficient (Wildman–Crippen LogP) is -0.515. The van der Waals surface area contributed by atoms with Crippen molar-refractivity contribution in [2.45, 2.75) is 20.3 Å². The molecule has 0 aliphatic heterocycles. The molecule has 6 nitrogen and oxygen atoms in total. The number of amidine groups is 1. The summed E-state index contributed by atoms with van der Waals surface area (Å²) in [5, 5.41) is 16.7. The lowest BCUT2D eigenvalue weighted by molar-refractivity contribution is -0.121. The van der Waals surface area contributed by atoms with E-state index in [1.807, 2.05) is 13.8 Å². The van der Waals surface area contributed by atoms with Gasteiger partial charge in [0.2, 0.25) is 5.91 Å². The molecule has 0 fully saturated rings. The summed E-state index contributed by atoms with van der Waals surface area (Å²) >= 11 is 0. The number of hydrogen-bond acceptors (Lipinski definition) is 4. The zero-order valence-corrected chi connectivity index (χ0v) is 9.29. The standard InChI is InChI=1S/C9H20N4O2/c1-7(2)5-12-9(14)3-4-11-6-8(10)13-15/h7,11,15H,3-6H2,1-2H3,(H2,10,13)(H,12,14). The fraction of sp³-hybridized carbons (Fsp3) is 0.778. The summed E-state index contributed by atoms with van der Waals surface area (Å²) in [7, 11) is 0. The van der Waals surface area contributed by atoms with Gasteiger partial charge in [0.1, 0.15) is 0 Å². The maximum atomic E-state index is 11.2. The molecule has 0 aromatic heterocycles. The highest BCUT2D eigenvalue weighted by Gasteiger charge is 2.01. The zero-order valence-electron chi connectivity index (χ0n) is 9.29. The third kappa shape index (κ3) is 9.01. The second-order valence-corrected chi connectivity index (χ2v) is 3.72. The Morgan fingerprint density at radius 1 is 1.53 bits per heavy atom. The Balaban J connectivity index is 3.39. The molecule has 0 unspecified atom stereocenters. The van der Waals surface area contributed by atoms with Crippen LogP contribution in [0.3, 0.4) is 0 Å². The molecule has 88 valence electrons. The predicted molar refractivity (Wildman–Crippen MR) is 58.7 cm³/mol. The van der Waals surface area contributed by atoms with E-state index < -0.39 is 0 Å². The van der Waals surface area contributed by atoms with Gasteiger partial charge in [-0.25, -0.2) is 0 Å². The molecule has 0 spiro atoms. The van der Waals surface area contributed by atoms with Gasteiger partial charge in [-0.3, -0.25) is 4.79 Å². The summed E-state index contributed by atoms with van der Waals surface area (Å²) < 4.78 is 0. The molecule has 0 saturated carbocycles. The molecule has 0 aromatic rings. The molecule has 15 heavy (non-hydrogen) atoms. The fourth-order valence-electron chi connectivity index (χ4n) is 0.860. The number of rotatable bonds is 7. The normalized spacial score (nSPS) is 11.8. The first-order chi connectivity index (χ1) is 7.06. The van der Waals surface area contributed by atoms with Crippen molar-refractivity contribution in [2.75, 3.05) is 19.6 Å². The second kappa shape index (κ2) is 8.05. The zero-order chi connectivity index (χ0) is 11.7. The van der Waals surface area contributed by atoms with Gasteiger partial charge in [0, 0.05) is 19.5 Å². The summed E-state index contributed by atoms with van der Waals surface area (Å²) in [6.45, 7) is 5.57. The van der Waals surface area contributed by atoms with E-state index in [1.165, 1.54) is 0 Å². The van der Waals surface area contributed by atoms with E-state index in [0.29, 0.717) is 25.4 Å². The Morgan fingerprint density at radius 3 is 2.73 bits per heavy atom. The van der Waals surface area contributed by atoms with Crippen molar-refractivity contribution in [1.82, 2.24) is 10.6 Å². The highest BCUT2D eigenvalue weighted by Crippen LogP contribution is 1.87. The lowest BCUT2D eigenvalue weighted by Gasteiger charge is -2.07. The van der Waals surface area contributed by atoms with E-state index in [2.05, 4.69) is 15.8 Å². The second-order valence-electron chi connectivity index (χ2n) is 3.72. The molecular weight excluding hydrogens is 196 g/mol. The van der Waals surface area contributed by atoms with Crippen LogP contribution in [-0.2, 0) is 4.79 Å². The van der Waals surface area contributed by atoms with E-state index in [0.717, 1.165) is 0 Å². The molecule has 0 heterocycles. The van der Waals surface area contributed by atoms with E-state index >= 15 is 0 Å². The lowest BCUT2D eigenvalue weighted by Crippen LogP contribution is -2.33. The van der Waals surface area contributed by atoms with Crippen molar-refractivity contribution in [3.8, 4) is 0 Å². The Bertz CT molecular complexity index is 216. The van der Waals surface area contributed by atoms with Gasteiger partial charge in [-0.1, -0.05) is 19.0 Å². The van der Waals surface area contributed by atoms with Crippen LogP contribution in [0.15, 0.2) is 5.16 Å². The van der Waals surface area contributed by atoms with Crippen LogP contribution in [0.1, 0.15) is 20.3 Å². The number of hydrogen-bond donors (Lipinski definition) is 4. The van der Waals surface area contributed by atoms with Crippen LogP contribution in [0.5, 0.6) is 0 Å². The SMILES string of the molecule is CC(C)CNC(=O)CCNCC(N)=NO. The topological polar surface area (TPSA) is 99.7 Å². The summed E-state index contributed by atoms with van der Waals surface area (Å²) in [6.07, 6.45) is 0.394. The molecule has 0 aliphatic rings. The van der Waals surface area contributed by atoms with Crippen LogP contribution < -0.4 is 16.4 Å². The largest absolute Gasteiger partial charge is 0.409 e. The molecule has 0 aromatic carbocycles. The number of nitrogens with two attached hydrogens (primary N) is 1. The van der Waals surface area contributed by atoms with E-state index in [1.54, 1.807) is 0 Å². The number of carbonyl (C=O) groups excluding carboxylic acids is 1. The fourth-order valence-corrected chi connectivity index (χ4v) is 0.860. The first-order valence-corrected chi connectivity index (χ1v) is 5.00. The average molecular weight is 216 g/mol. The van der Waals surface area contributed by atoms with Crippen molar-refractivity contribution in [2.24, 2.45) is 16.8 Å². The van der Waals surface area contributed by atoms with Crippen molar-refractivity contribution >= 4 is 11.7 Å².